The number of fused-ring (bicyclic) bond motifs is 1. The van der Waals surface area contributed by atoms with Gasteiger partial charge in [-0.15, -0.1) is 0 Å². The van der Waals surface area contributed by atoms with Crippen molar-refractivity contribution in [2.75, 3.05) is 0 Å². The van der Waals surface area contributed by atoms with Crippen LogP contribution < -0.4 is 0 Å². The number of aliphatic hydroxyl groups is 2. The minimum Gasteiger partial charge on any atom is -0.459 e. The Kier molecular flexibility index (Phi) is 7.18. The molecule has 1 saturated heterocycles. The van der Waals surface area contributed by atoms with E-state index < -0.39 is 18.3 Å². The second kappa shape index (κ2) is 9.80. The summed E-state index contributed by atoms with van der Waals surface area (Å²) in [5.74, 6) is -0.253. The molecule has 0 saturated carbocycles. The monoisotopic (exact) mass is 383 g/mol. The number of carbonyl (C=O) groups is 1. The first kappa shape index (κ1) is 20.5. The highest BCUT2D eigenvalue weighted by molar-refractivity contribution is 5.92. The van der Waals surface area contributed by atoms with Crippen LogP contribution in [0.3, 0.4) is 0 Å². The third-order valence-electron chi connectivity index (χ3n) is 5.26. The van der Waals surface area contributed by atoms with Crippen LogP contribution in [0.1, 0.15) is 69.2 Å². The minimum absolute atomic E-state index is 0.253. The van der Waals surface area contributed by atoms with Gasteiger partial charge in [0.25, 0.3) is 0 Å². The number of aromatic nitrogens is 1. The molecule has 2 aromatic rings. The molecule has 0 unspecified atom stereocenters. The van der Waals surface area contributed by atoms with Crippen molar-refractivity contribution in [1.82, 2.24) is 4.98 Å². The third kappa shape index (κ3) is 4.97. The van der Waals surface area contributed by atoms with E-state index in [1.54, 1.807) is 12.3 Å². The number of carbonyl (C=O) groups excluding carboxylic acids is 1. The smallest absolute Gasteiger partial charge is 0.306 e. The summed E-state index contributed by atoms with van der Waals surface area (Å²) < 4.78 is 5.23. The largest absolute Gasteiger partial charge is 0.459 e. The Balaban J connectivity index is 1.80. The molecule has 1 fully saturated rings. The fourth-order valence-electron chi connectivity index (χ4n) is 3.66. The Labute approximate surface area is 166 Å². The van der Waals surface area contributed by atoms with E-state index in [0.717, 1.165) is 42.0 Å². The van der Waals surface area contributed by atoms with Gasteiger partial charge in [0, 0.05) is 23.6 Å². The van der Waals surface area contributed by atoms with Crippen LogP contribution in [-0.4, -0.2) is 33.4 Å². The summed E-state index contributed by atoms with van der Waals surface area (Å²) in [7, 11) is 0. The average molecular weight is 383 g/mol. The summed E-state index contributed by atoms with van der Waals surface area (Å²) in [6, 6.07) is 7.85. The number of unbranched alkanes of at least 4 members (excludes halogenated alkanes) is 2. The fourth-order valence-corrected chi connectivity index (χ4v) is 3.66. The Morgan fingerprint density at radius 1 is 1.25 bits per heavy atom. The zero-order valence-electron chi connectivity index (χ0n) is 16.4. The molecule has 1 aromatic heterocycles. The highest BCUT2D eigenvalue weighted by atomic mass is 16.6. The first-order valence-corrected chi connectivity index (χ1v) is 10.2. The molecule has 150 valence electrons. The van der Waals surface area contributed by atoms with Gasteiger partial charge < -0.3 is 14.9 Å². The van der Waals surface area contributed by atoms with Crippen molar-refractivity contribution in [3.63, 3.8) is 0 Å². The molecule has 1 aromatic carbocycles. The number of ether oxygens (including phenoxy) is 1. The number of rotatable bonds is 8. The average Bonchev–Trinajstić information content (AvgIpc) is 2.71. The summed E-state index contributed by atoms with van der Waals surface area (Å²) in [5.41, 5.74) is 1.56. The normalized spacial score (nSPS) is 19.7. The zero-order chi connectivity index (χ0) is 19.9. The standard InChI is InChI=1S/C23H29NO4/c1-2-3-4-10-20(26)23-18-9-6-5-8-17(18)16(15-24-23)13-14-19(25)21-11-7-12-22(27)28-21/h5-6,8-9,13-15,19-21,25-26H,2-4,7,10-12H2,1H3/b14-13+/t19-,20-,21+/m1/s1. The number of hydrogen-bond acceptors (Lipinski definition) is 5. The van der Waals surface area contributed by atoms with Gasteiger partial charge in [0.15, 0.2) is 0 Å². The van der Waals surface area contributed by atoms with Gasteiger partial charge in [-0.2, -0.15) is 0 Å². The molecule has 3 atom stereocenters. The molecule has 0 spiro atoms. The quantitative estimate of drug-likeness (QED) is 0.524. The lowest BCUT2D eigenvalue weighted by atomic mass is 9.98. The van der Waals surface area contributed by atoms with Gasteiger partial charge in [0.1, 0.15) is 12.2 Å². The highest BCUT2D eigenvalue weighted by Crippen LogP contribution is 2.29. The summed E-state index contributed by atoms with van der Waals surface area (Å²) >= 11 is 0. The Morgan fingerprint density at radius 2 is 2.04 bits per heavy atom. The number of esters is 1. The van der Waals surface area contributed by atoms with Crippen molar-refractivity contribution >= 4 is 22.8 Å². The first-order chi connectivity index (χ1) is 13.6. The minimum atomic E-state index is -0.845. The molecule has 0 bridgehead atoms. The topological polar surface area (TPSA) is 79.7 Å². The Hall–Kier alpha value is -2.24. The van der Waals surface area contributed by atoms with Gasteiger partial charge in [-0.25, -0.2) is 0 Å². The van der Waals surface area contributed by atoms with E-state index >= 15 is 0 Å². The number of pyridine rings is 1. The van der Waals surface area contributed by atoms with E-state index in [-0.39, 0.29) is 5.97 Å². The van der Waals surface area contributed by atoms with E-state index in [2.05, 4.69) is 11.9 Å². The van der Waals surface area contributed by atoms with Gasteiger partial charge >= 0.3 is 5.97 Å². The lowest BCUT2D eigenvalue weighted by Crippen LogP contribution is -2.33. The summed E-state index contributed by atoms with van der Waals surface area (Å²) in [6.07, 6.45) is 9.00. The molecule has 5 nitrogen and oxygen atoms in total. The molecule has 2 heterocycles. The van der Waals surface area contributed by atoms with Gasteiger partial charge in [-0.05, 0) is 24.6 Å². The molecule has 1 aliphatic rings. The zero-order valence-corrected chi connectivity index (χ0v) is 16.4. The maximum atomic E-state index is 11.4. The summed E-state index contributed by atoms with van der Waals surface area (Å²) in [4.78, 5) is 16.0. The lowest BCUT2D eigenvalue weighted by molar-refractivity contribution is -0.158. The van der Waals surface area contributed by atoms with Crippen LogP contribution in [-0.2, 0) is 9.53 Å². The van der Waals surface area contributed by atoms with Crippen LogP contribution in [0.5, 0.6) is 0 Å². The molecule has 0 amide bonds. The lowest BCUT2D eigenvalue weighted by Gasteiger charge is -2.24. The molecule has 5 heteroatoms. The van der Waals surface area contributed by atoms with E-state index in [1.807, 2.05) is 30.3 Å². The summed E-state index contributed by atoms with van der Waals surface area (Å²) in [6.45, 7) is 2.14. The van der Waals surface area contributed by atoms with E-state index in [4.69, 9.17) is 4.74 Å². The van der Waals surface area contributed by atoms with Gasteiger partial charge in [-0.1, -0.05) is 62.6 Å². The van der Waals surface area contributed by atoms with Crippen molar-refractivity contribution in [3.05, 3.63) is 47.8 Å². The molecule has 2 N–H and O–H groups in total. The Bertz CT molecular complexity index is 832. The molecule has 3 rings (SSSR count). The van der Waals surface area contributed by atoms with Crippen LogP contribution in [0.15, 0.2) is 36.5 Å². The number of hydrogen-bond donors (Lipinski definition) is 2. The second-order valence-electron chi connectivity index (χ2n) is 7.43. The van der Waals surface area contributed by atoms with E-state index in [9.17, 15) is 15.0 Å². The number of aliphatic hydroxyl groups excluding tert-OH is 2. The molecular formula is C23H29NO4. The van der Waals surface area contributed by atoms with Crippen molar-refractivity contribution in [3.8, 4) is 0 Å². The second-order valence-corrected chi connectivity index (χ2v) is 7.43. The highest BCUT2D eigenvalue weighted by Gasteiger charge is 2.25. The number of cyclic esters (lactones) is 1. The SMILES string of the molecule is CCCCC[C@@H](O)c1ncc(/C=C/[C@@H](O)[C@@H]2CCCC(=O)O2)c2ccccc12. The van der Waals surface area contributed by atoms with E-state index in [0.29, 0.717) is 25.0 Å². The van der Waals surface area contributed by atoms with Crippen LogP contribution in [0, 0.1) is 0 Å². The van der Waals surface area contributed by atoms with Gasteiger partial charge in [0.2, 0.25) is 0 Å². The maximum absolute atomic E-state index is 11.4. The fraction of sp³-hybridized carbons (Fsp3) is 0.478. The van der Waals surface area contributed by atoms with Crippen molar-refractivity contribution in [1.29, 1.82) is 0 Å². The number of nitrogens with zero attached hydrogens (tertiary/aromatic N) is 1. The molecular weight excluding hydrogens is 354 g/mol. The Morgan fingerprint density at radius 3 is 2.79 bits per heavy atom. The van der Waals surface area contributed by atoms with Crippen molar-refractivity contribution in [2.24, 2.45) is 0 Å². The van der Waals surface area contributed by atoms with Crippen LogP contribution in [0.4, 0.5) is 0 Å². The van der Waals surface area contributed by atoms with Crippen LogP contribution in [0.2, 0.25) is 0 Å². The van der Waals surface area contributed by atoms with E-state index in [1.165, 1.54) is 0 Å². The predicted octanol–water partition coefficient (Wildman–Crippen LogP) is 4.32. The maximum Gasteiger partial charge on any atom is 0.306 e. The van der Waals surface area contributed by atoms with Gasteiger partial charge in [0.05, 0.1) is 11.8 Å². The van der Waals surface area contributed by atoms with Crippen molar-refractivity contribution in [2.45, 2.75) is 70.2 Å². The third-order valence-corrected chi connectivity index (χ3v) is 5.26. The molecule has 1 aliphatic heterocycles. The first-order valence-electron chi connectivity index (χ1n) is 10.2. The molecule has 0 radical (unpaired) electrons. The van der Waals surface area contributed by atoms with Gasteiger partial charge in [-0.3, -0.25) is 9.78 Å². The predicted molar refractivity (Wildman–Crippen MR) is 110 cm³/mol. The number of benzene rings is 1. The molecule has 28 heavy (non-hydrogen) atoms. The van der Waals surface area contributed by atoms with Crippen LogP contribution in [0.25, 0.3) is 16.8 Å². The van der Waals surface area contributed by atoms with Crippen molar-refractivity contribution < 1.29 is 19.7 Å². The molecule has 0 aliphatic carbocycles. The summed E-state index contributed by atoms with van der Waals surface area (Å²) in [5, 5.41) is 22.8. The van der Waals surface area contributed by atoms with Crippen LogP contribution >= 0.6 is 0 Å².